The predicted molar refractivity (Wildman–Crippen MR) is 292 cm³/mol. The number of aliphatic hydroxyl groups excluding tert-OH is 2. The van der Waals surface area contributed by atoms with E-state index in [1.165, 1.54) is 7.11 Å². The SMILES string of the molecule is CCOC(OCC)n1cnc2cc(OCC3COC(C)(C)O3)ccc21.COC(=O)c1ccnc(-c2cncc3ccccc23)c1.O=C(c1ccnc(-c2cncc3ccccc23)c1)c1nc2ccc(OCC(O)CO)cc2[nH]1. The summed E-state index contributed by atoms with van der Waals surface area (Å²) in [7, 11) is 1.36. The molecule has 11 rings (SSSR count). The van der Waals surface area contributed by atoms with Gasteiger partial charge in [-0.3, -0.25) is 29.3 Å². The summed E-state index contributed by atoms with van der Waals surface area (Å²) in [5, 5.41) is 22.5. The monoisotopic (exact) mass is 1050 g/mol. The second kappa shape index (κ2) is 25.1. The number of esters is 1. The largest absolute Gasteiger partial charge is 0.491 e. The molecule has 0 radical (unpaired) electrons. The molecule has 1 aliphatic heterocycles. The first kappa shape index (κ1) is 54.2. The van der Waals surface area contributed by atoms with E-state index in [9.17, 15) is 14.7 Å². The Balaban J connectivity index is 0.000000147. The average Bonchev–Trinajstić information content (AvgIpc) is 4.26. The molecule has 7 heterocycles. The Kier molecular flexibility index (Phi) is 17.4. The lowest BCUT2D eigenvalue weighted by molar-refractivity contribution is -0.184. The fourth-order valence-electron chi connectivity index (χ4n) is 8.55. The number of methoxy groups -OCH3 is 1. The van der Waals surface area contributed by atoms with Gasteiger partial charge in [-0.25, -0.2) is 14.8 Å². The molecule has 0 aliphatic carbocycles. The van der Waals surface area contributed by atoms with E-state index in [-0.39, 0.29) is 36.9 Å². The molecule has 0 amide bonds. The van der Waals surface area contributed by atoms with Gasteiger partial charge in [0, 0.05) is 90.0 Å². The molecule has 6 aromatic heterocycles. The molecular weight excluding hydrogens is 997 g/mol. The molecule has 2 atom stereocenters. The summed E-state index contributed by atoms with van der Waals surface area (Å²) >= 11 is 0. The number of ketones is 1. The van der Waals surface area contributed by atoms with Gasteiger partial charge in [0.25, 0.3) is 0 Å². The van der Waals surface area contributed by atoms with Crippen molar-refractivity contribution in [2.45, 2.75) is 52.1 Å². The first-order valence-electron chi connectivity index (χ1n) is 25.2. The molecule has 1 aliphatic rings. The molecule has 1 fully saturated rings. The van der Waals surface area contributed by atoms with Gasteiger partial charge >= 0.3 is 5.97 Å². The van der Waals surface area contributed by atoms with Crippen molar-refractivity contribution in [2.75, 3.05) is 46.8 Å². The summed E-state index contributed by atoms with van der Waals surface area (Å²) in [6.07, 6.45) is 10.5. The van der Waals surface area contributed by atoms with Crippen molar-refractivity contribution >= 4 is 55.4 Å². The first-order chi connectivity index (χ1) is 37.9. The van der Waals surface area contributed by atoms with Crippen LogP contribution in [0.4, 0.5) is 0 Å². The second-order valence-corrected chi connectivity index (χ2v) is 18.2. The van der Waals surface area contributed by atoms with Gasteiger partial charge in [-0.05, 0) is 87.0 Å². The summed E-state index contributed by atoms with van der Waals surface area (Å²) in [6.45, 7) is 9.36. The quantitative estimate of drug-likeness (QED) is 0.0437. The Morgan fingerprint density at radius 2 is 1.38 bits per heavy atom. The normalized spacial score (nSPS) is 14.2. The van der Waals surface area contributed by atoms with Crippen molar-refractivity contribution in [1.29, 1.82) is 0 Å². The number of carbonyl (C=O) groups excluding carboxylic acids is 2. The number of rotatable bonds is 17. The molecule has 2 unspecified atom stereocenters. The molecule has 10 aromatic rings. The highest BCUT2D eigenvalue weighted by molar-refractivity contribution is 6.09. The maximum Gasteiger partial charge on any atom is 0.337 e. The van der Waals surface area contributed by atoms with E-state index >= 15 is 0 Å². The minimum atomic E-state index is -0.961. The number of aromatic nitrogens is 8. The summed E-state index contributed by atoms with van der Waals surface area (Å²) in [6, 6.07) is 33.5. The number of pyridine rings is 4. The van der Waals surface area contributed by atoms with Crippen LogP contribution in [0.25, 0.3) is 66.1 Å². The lowest BCUT2D eigenvalue weighted by Gasteiger charge is -2.19. The third-order valence-electron chi connectivity index (χ3n) is 12.3. The van der Waals surface area contributed by atoms with Crippen molar-refractivity contribution in [2.24, 2.45) is 0 Å². The number of ether oxygens (including phenoxy) is 7. The lowest BCUT2D eigenvalue weighted by Crippen LogP contribution is -2.25. The van der Waals surface area contributed by atoms with E-state index < -0.39 is 18.3 Å². The Bertz CT molecular complexity index is 3660. The number of fused-ring (bicyclic) bond motifs is 4. The molecular formula is C59H58N8O11. The van der Waals surface area contributed by atoms with E-state index in [4.69, 9.17) is 38.3 Å². The van der Waals surface area contributed by atoms with Crippen molar-refractivity contribution in [3.05, 3.63) is 170 Å². The third-order valence-corrected chi connectivity index (χ3v) is 12.3. The van der Waals surface area contributed by atoms with Crippen LogP contribution in [0.2, 0.25) is 0 Å². The smallest absolute Gasteiger partial charge is 0.337 e. The number of benzene rings is 4. The third kappa shape index (κ3) is 13.0. The number of aliphatic hydroxyl groups is 2. The molecule has 19 nitrogen and oxygen atoms in total. The lowest BCUT2D eigenvalue weighted by atomic mass is 10.0. The zero-order chi connectivity index (χ0) is 54.6. The van der Waals surface area contributed by atoms with Gasteiger partial charge < -0.3 is 48.4 Å². The van der Waals surface area contributed by atoms with Crippen LogP contribution in [0.3, 0.4) is 0 Å². The maximum absolute atomic E-state index is 13.2. The van der Waals surface area contributed by atoms with Gasteiger partial charge in [-0.1, -0.05) is 48.5 Å². The number of nitrogens with one attached hydrogen (secondary N) is 1. The molecule has 0 bridgehead atoms. The highest BCUT2D eigenvalue weighted by Gasteiger charge is 2.33. The number of H-pyrrole nitrogens is 1. The fraction of sp³-hybridized carbons (Fsp3) is 0.254. The fourth-order valence-corrected chi connectivity index (χ4v) is 8.55. The molecule has 78 heavy (non-hydrogen) atoms. The van der Waals surface area contributed by atoms with Crippen molar-refractivity contribution in [3.63, 3.8) is 0 Å². The first-order valence-corrected chi connectivity index (χ1v) is 25.2. The molecule has 400 valence electrons. The van der Waals surface area contributed by atoms with Crippen LogP contribution < -0.4 is 9.47 Å². The summed E-state index contributed by atoms with van der Waals surface area (Å²) < 4.78 is 40.5. The summed E-state index contributed by atoms with van der Waals surface area (Å²) in [5.41, 5.74) is 7.03. The van der Waals surface area contributed by atoms with E-state index in [0.717, 1.165) is 49.5 Å². The van der Waals surface area contributed by atoms with Crippen molar-refractivity contribution in [3.8, 4) is 34.0 Å². The standard InChI is InChI=1S/C25H20N4O4.C18H26N2O5.C16H12N2O2/c30-13-17(31)14-33-18-5-6-21-23(10-18)29-25(28-21)24(32)15-7-8-27-22(9-15)20-12-26-11-16-3-1-2-4-19(16)20;1-5-21-17(22-6-2)20-12-19-15-9-13(7-8-16(15)20)23-10-14-11-24-18(3,4)25-14;1-20-16(19)11-6-7-18-15(8-11)14-10-17-9-12-4-2-3-5-13(12)14/h1-12,17,30-31H,13-14H2,(H,28,29);7-9,12,14,17H,5-6,10-11H2,1-4H3;2-10H,1H3. The number of aromatic amines is 1. The van der Waals surface area contributed by atoms with Gasteiger partial charge in [-0.2, -0.15) is 0 Å². The molecule has 4 aromatic carbocycles. The van der Waals surface area contributed by atoms with E-state index in [2.05, 4.69) is 34.9 Å². The van der Waals surface area contributed by atoms with Gasteiger partial charge in [0.2, 0.25) is 12.2 Å². The number of hydrogen-bond donors (Lipinski definition) is 3. The van der Waals surface area contributed by atoms with Crippen molar-refractivity contribution < 1.29 is 53.0 Å². The van der Waals surface area contributed by atoms with Gasteiger partial charge in [0.1, 0.15) is 36.9 Å². The highest BCUT2D eigenvalue weighted by atomic mass is 16.7. The van der Waals surface area contributed by atoms with Gasteiger partial charge in [-0.15, -0.1) is 0 Å². The Hall–Kier alpha value is -8.56. The molecule has 0 spiro atoms. The minimum absolute atomic E-state index is 0.0370. The number of imidazole rings is 2. The molecule has 19 heteroatoms. The van der Waals surface area contributed by atoms with Crippen LogP contribution in [0.1, 0.15) is 60.6 Å². The number of hydrogen-bond acceptors (Lipinski definition) is 17. The van der Waals surface area contributed by atoms with Crippen LogP contribution in [0.5, 0.6) is 11.5 Å². The van der Waals surface area contributed by atoms with E-state index in [1.807, 2.05) is 105 Å². The number of nitrogens with zero attached hydrogens (tertiary/aromatic N) is 7. The molecule has 1 saturated heterocycles. The van der Waals surface area contributed by atoms with Gasteiger partial charge in [0.05, 0.1) is 65.7 Å². The second-order valence-electron chi connectivity index (χ2n) is 18.2. The number of carbonyl (C=O) groups is 2. The zero-order valence-electron chi connectivity index (χ0n) is 43.6. The van der Waals surface area contributed by atoms with Gasteiger partial charge in [0.15, 0.2) is 11.6 Å². The summed E-state index contributed by atoms with van der Waals surface area (Å²) in [5.74, 6) is 0.265. The Morgan fingerprint density at radius 3 is 2.01 bits per heavy atom. The average molecular weight is 1060 g/mol. The van der Waals surface area contributed by atoms with Crippen LogP contribution in [0, 0.1) is 0 Å². The minimum Gasteiger partial charge on any atom is -0.491 e. The van der Waals surface area contributed by atoms with Crippen LogP contribution in [-0.4, -0.2) is 126 Å². The summed E-state index contributed by atoms with van der Waals surface area (Å²) in [4.78, 5) is 54.0. The topological polar surface area (TPSA) is 237 Å². The molecule has 0 saturated carbocycles. The van der Waals surface area contributed by atoms with E-state index in [1.54, 1.807) is 79.8 Å². The van der Waals surface area contributed by atoms with Crippen LogP contribution in [0.15, 0.2) is 153 Å². The van der Waals surface area contributed by atoms with E-state index in [0.29, 0.717) is 65.7 Å². The van der Waals surface area contributed by atoms with Crippen LogP contribution in [-0.2, 0) is 23.7 Å². The van der Waals surface area contributed by atoms with Crippen LogP contribution >= 0.6 is 0 Å². The zero-order valence-corrected chi connectivity index (χ0v) is 43.6. The highest BCUT2D eigenvalue weighted by Crippen LogP contribution is 2.30. The Morgan fingerprint density at radius 1 is 0.756 bits per heavy atom. The predicted octanol–water partition coefficient (Wildman–Crippen LogP) is 9.32. The Labute approximate surface area is 448 Å². The van der Waals surface area contributed by atoms with Crippen molar-refractivity contribution in [1.82, 2.24) is 39.5 Å². The maximum atomic E-state index is 13.2. The molecule has 3 N–H and O–H groups in total.